The molecule has 1 unspecified atom stereocenters. The lowest BCUT2D eigenvalue weighted by molar-refractivity contribution is -0.934. The fourth-order valence-electron chi connectivity index (χ4n) is 7.75. The predicted molar refractivity (Wildman–Crippen MR) is 159 cm³/mol. The Morgan fingerprint density at radius 1 is 0.676 bits per heavy atom. The highest BCUT2D eigenvalue weighted by atomic mass is 15.4. The SMILES string of the molecule is CCCCCCCCCCCC[N+]1(Cc2ccccc2)C[C@]2(C)CN(Cc3ccccc3)CC[C@]2(C)C1. The summed E-state index contributed by atoms with van der Waals surface area (Å²) in [5, 5.41) is 0. The van der Waals surface area contributed by atoms with Gasteiger partial charge in [0.15, 0.2) is 0 Å². The van der Waals surface area contributed by atoms with Crippen molar-refractivity contribution < 1.29 is 4.48 Å². The van der Waals surface area contributed by atoms with E-state index in [1.165, 1.54) is 126 Å². The number of benzene rings is 2. The number of quaternary nitrogens is 1. The van der Waals surface area contributed by atoms with Crippen LogP contribution in [0, 0.1) is 10.8 Å². The summed E-state index contributed by atoms with van der Waals surface area (Å²) in [6, 6.07) is 22.5. The van der Waals surface area contributed by atoms with Gasteiger partial charge in [0.25, 0.3) is 0 Å². The van der Waals surface area contributed by atoms with Crippen LogP contribution in [0.2, 0.25) is 0 Å². The van der Waals surface area contributed by atoms with Crippen LogP contribution < -0.4 is 0 Å². The van der Waals surface area contributed by atoms with Gasteiger partial charge in [0, 0.05) is 29.5 Å². The molecule has 3 atom stereocenters. The molecule has 2 heterocycles. The summed E-state index contributed by atoms with van der Waals surface area (Å²) < 4.78 is 1.30. The van der Waals surface area contributed by atoms with Crippen LogP contribution in [0.4, 0.5) is 0 Å². The summed E-state index contributed by atoms with van der Waals surface area (Å²) in [5.74, 6) is 0. The Balaban J connectivity index is 1.35. The van der Waals surface area contributed by atoms with E-state index in [-0.39, 0.29) is 0 Å². The van der Waals surface area contributed by atoms with Crippen molar-refractivity contribution in [1.82, 2.24) is 4.90 Å². The molecule has 2 fully saturated rings. The maximum absolute atomic E-state index is 2.75. The van der Waals surface area contributed by atoms with Gasteiger partial charge in [-0.3, -0.25) is 4.90 Å². The largest absolute Gasteiger partial charge is 0.319 e. The van der Waals surface area contributed by atoms with E-state index in [1.807, 2.05) is 0 Å². The van der Waals surface area contributed by atoms with Gasteiger partial charge in [0.2, 0.25) is 0 Å². The molecule has 2 aromatic rings. The molecule has 0 amide bonds. The van der Waals surface area contributed by atoms with Gasteiger partial charge >= 0.3 is 0 Å². The highest BCUT2D eigenvalue weighted by Crippen LogP contribution is 2.55. The Morgan fingerprint density at radius 2 is 1.22 bits per heavy atom. The van der Waals surface area contributed by atoms with E-state index in [2.05, 4.69) is 86.3 Å². The van der Waals surface area contributed by atoms with Crippen LogP contribution in [0.5, 0.6) is 0 Å². The van der Waals surface area contributed by atoms with Gasteiger partial charge in [-0.1, -0.05) is 133 Å². The maximum Gasteiger partial charge on any atom is 0.104 e. The zero-order valence-electron chi connectivity index (χ0n) is 24.4. The summed E-state index contributed by atoms with van der Waals surface area (Å²) in [5.41, 5.74) is 3.81. The van der Waals surface area contributed by atoms with Gasteiger partial charge in [-0.15, -0.1) is 0 Å². The minimum Gasteiger partial charge on any atom is -0.319 e. The van der Waals surface area contributed by atoms with Crippen molar-refractivity contribution >= 4 is 0 Å². The van der Waals surface area contributed by atoms with Crippen molar-refractivity contribution in [3.8, 4) is 0 Å². The summed E-state index contributed by atoms with van der Waals surface area (Å²) in [6.45, 7) is 16.4. The Hall–Kier alpha value is -1.64. The first-order valence-corrected chi connectivity index (χ1v) is 15.6. The van der Waals surface area contributed by atoms with Crippen molar-refractivity contribution in [2.75, 3.05) is 32.7 Å². The van der Waals surface area contributed by atoms with Gasteiger partial charge in [-0.2, -0.15) is 0 Å². The van der Waals surface area contributed by atoms with E-state index in [9.17, 15) is 0 Å². The quantitative estimate of drug-likeness (QED) is 0.173. The Morgan fingerprint density at radius 3 is 1.84 bits per heavy atom. The van der Waals surface area contributed by atoms with E-state index < -0.39 is 0 Å². The second kappa shape index (κ2) is 13.4. The van der Waals surface area contributed by atoms with Crippen LogP contribution >= 0.6 is 0 Å². The number of fused-ring (bicyclic) bond motifs is 1. The first-order valence-electron chi connectivity index (χ1n) is 15.6. The number of nitrogens with zero attached hydrogens (tertiary/aromatic N) is 2. The van der Waals surface area contributed by atoms with Crippen molar-refractivity contribution in [1.29, 1.82) is 0 Å². The molecular formula is C35H55N2+. The Bertz CT molecular complexity index is 911. The second-order valence-electron chi connectivity index (χ2n) is 13.3. The molecule has 2 aliphatic heterocycles. The lowest BCUT2D eigenvalue weighted by Gasteiger charge is -2.46. The normalized spacial score (nSPS) is 27.9. The van der Waals surface area contributed by atoms with Crippen LogP contribution in [-0.2, 0) is 13.1 Å². The van der Waals surface area contributed by atoms with Gasteiger partial charge < -0.3 is 4.48 Å². The Labute approximate surface area is 229 Å². The minimum atomic E-state index is 0.382. The number of hydrogen-bond acceptors (Lipinski definition) is 1. The lowest BCUT2D eigenvalue weighted by Crippen LogP contribution is -2.52. The summed E-state index contributed by atoms with van der Waals surface area (Å²) in [6.07, 6.45) is 15.6. The van der Waals surface area contributed by atoms with Crippen molar-refractivity contribution in [2.24, 2.45) is 10.8 Å². The highest BCUT2D eigenvalue weighted by molar-refractivity contribution is 5.16. The van der Waals surface area contributed by atoms with Gasteiger partial charge in [0.05, 0.1) is 19.6 Å². The van der Waals surface area contributed by atoms with E-state index in [4.69, 9.17) is 0 Å². The minimum absolute atomic E-state index is 0.382. The average Bonchev–Trinajstić information content (AvgIpc) is 3.12. The first kappa shape index (κ1) is 28.4. The van der Waals surface area contributed by atoms with E-state index >= 15 is 0 Å². The molecule has 4 rings (SSSR count). The van der Waals surface area contributed by atoms with Crippen molar-refractivity contribution in [3.05, 3.63) is 71.8 Å². The summed E-state index contributed by atoms with van der Waals surface area (Å²) >= 11 is 0. The molecule has 0 spiro atoms. The fraction of sp³-hybridized carbons (Fsp3) is 0.657. The molecule has 0 saturated carbocycles. The first-order chi connectivity index (χ1) is 18.0. The average molecular weight is 504 g/mol. The van der Waals surface area contributed by atoms with Crippen LogP contribution in [0.1, 0.15) is 103 Å². The molecule has 0 bridgehead atoms. The topological polar surface area (TPSA) is 3.24 Å². The van der Waals surface area contributed by atoms with E-state index in [0.29, 0.717) is 10.8 Å². The summed E-state index contributed by atoms with van der Waals surface area (Å²) in [7, 11) is 0. The van der Waals surface area contributed by atoms with Gasteiger partial charge in [0.1, 0.15) is 6.54 Å². The Kier molecular flexibility index (Phi) is 10.3. The van der Waals surface area contributed by atoms with Crippen molar-refractivity contribution in [2.45, 2.75) is 104 Å². The molecule has 2 aliphatic rings. The number of hydrogen-bond donors (Lipinski definition) is 0. The molecule has 0 aliphatic carbocycles. The molecule has 0 radical (unpaired) electrons. The van der Waals surface area contributed by atoms with E-state index in [1.54, 1.807) is 0 Å². The lowest BCUT2D eigenvalue weighted by atomic mass is 9.64. The fourth-order valence-corrected chi connectivity index (χ4v) is 7.75. The number of piperidine rings is 1. The number of unbranched alkanes of at least 4 members (excludes halogenated alkanes) is 9. The molecule has 2 heteroatoms. The molecular weight excluding hydrogens is 448 g/mol. The highest BCUT2D eigenvalue weighted by Gasteiger charge is 2.61. The third kappa shape index (κ3) is 7.70. The van der Waals surface area contributed by atoms with Gasteiger partial charge in [-0.05, 0) is 31.4 Å². The van der Waals surface area contributed by atoms with Crippen LogP contribution in [0.15, 0.2) is 60.7 Å². The molecule has 204 valence electrons. The molecule has 37 heavy (non-hydrogen) atoms. The smallest absolute Gasteiger partial charge is 0.104 e. The second-order valence-corrected chi connectivity index (χ2v) is 13.3. The van der Waals surface area contributed by atoms with E-state index in [0.717, 1.165) is 6.54 Å². The maximum atomic E-state index is 2.75. The molecule has 0 N–H and O–H groups in total. The predicted octanol–water partition coefficient (Wildman–Crippen LogP) is 8.86. The molecule has 2 saturated heterocycles. The standard InChI is InChI=1S/C35H55N2/c1-4-5-6-7-8-9-10-11-12-19-26-37(28-33-22-17-14-18-23-33)30-34(2)24-25-36(29-35(34,3)31-37)27-32-20-15-13-16-21-32/h13-18,20-23H,4-12,19,24-31H2,1-3H3/q+1/t34-,35+,37?/m1/s1. The summed E-state index contributed by atoms with van der Waals surface area (Å²) in [4.78, 5) is 2.75. The molecule has 2 aromatic carbocycles. The molecule has 0 aromatic heterocycles. The van der Waals surface area contributed by atoms with Crippen LogP contribution in [-0.4, -0.2) is 42.1 Å². The number of rotatable bonds is 15. The molecule has 2 nitrogen and oxygen atoms in total. The zero-order chi connectivity index (χ0) is 26.0. The third-order valence-electron chi connectivity index (χ3n) is 9.97. The van der Waals surface area contributed by atoms with Crippen molar-refractivity contribution in [3.63, 3.8) is 0 Å². The number of likely N-dealkylation sites (tertiary alicyclic amines) is 2. The monoisotopic (exact) mass is 503 g/mol. The zero-order valence-corrected chi connectivity index (χ0v) is 24.4. The third-order valence-corrected chi connectivity index (χ3v) is 9.97. The van der Waals surface area contributed by atoms with Gasteiger partial charge in [-0.25, -0.2) is 0 Å². The van der Waals surface area contributed by atoms with Crippen LogP contribution in [0.3, 0.4) is 0 Å². The van der Waals surface area contributed by atoms with Crippen LogP contribution in [0.25, 0.3) is 0 Å².